The van der Waals surface area contributed by atoms with Crippen LogP contribution in [0.4, 0.5) is 0 Å². The van der Waals surface area contributed by atoms with Gasteiger partial charge in [-0.3, -0.25) is 0 Å². The van der Waals surface area contributed by atoms with E-state index in [-0.39, 0.29) is 0 Å². The highest BCUT2D eigenvalue weighted by atomic mass is 16.3. The Morgan fingerprint density at radius 3 is 2.43 bits per heavy atom. The monoisotopic (exact) mass is 192 g/mol. The molecular formula is C13H20O. The lowest BCUT2D eigenvalue weighted by Crippen LogP contribution is -2.17. The first-order valence-corrected chi connectivity index (χ1v) is 5.80. The van der Waals surface area contributed by atoms with Gasteiger partial charge in [-0.05, 0) is 49.7 Å². The molecular weight excluding hydrogens is 172 g/mol. The van der Waals surface area contributed by atoms with E-state index in [0.717, 1.165) is 11.8 Å². The molecule has 1 aromatic rings. The largest absolute Gasteiger partial charge is 0.469 e. The van der Waals surface area contributed by atoms with E-state index in [4.69, 9.17) is 4.42 Å². The van der Waals surface area contributed by atoms with Crippen LogP contribution in [0, 0.1) is 11.8 Å². The minimum atomic E-state index is 0.694. The fourth-order valence-electron chi connectivity index (χ4n) is 2.59. The predicted octanol–water partition coefficient (Wildman–Crippen LogP) is 4.21. The third kappa shape index (κ3) is 2.02. The average Bonchev–Trinajstić information content (AvgIpc) is 2.71. The van der Waals surface area contributed by atoms with Gasteiger partial charge in [0.15, 0.2) is 0 Å². The Bertz CT molecular complexity index is 253. The SMILES string of the molecule is CC(C)C1CCC(c2ccco2)CC1. The molecule has 0 aromatic carbocycles. The molecule has 1 heteroatoms. The first-order valence-electron chi connectivity index (χ1n) is 5.80. The van der Waals surface area contributed by atoms with Crippen molar-refractivity contribution in [3.8, 4) is 0 Å². The zero-order chi connectivity index (χ0) is 9.97. The van der Waals surface area contributed by atoms with Crippen molar-refractivity contribution in [3.63, 3.8) is 0 Å². The third-order valence-corrected chi connectivity index (χ3v) is 3.66. The van der Waals surface area contributed by atoms with Crippen LogP contribution in [-0.4, -0.2) is 0 Å². The predicted molar refractivity (Wildman–Crippen MR) is 58.2 cm³/mol. The summed E-state index contributed by atoms with van der Waals surface area (Å²) in [6.07, 6.45) is 7.18. The second-order valence-corrected chi connectivity index (χ2v) is 4.87. The van der Waals surface area contributed by atoms with E-state index in [0.29, 0.717) is 5.92 Å². The molecule has 1 aromatic heterocycles. The average molecular weight is 192 g/mol. The van der Waals surface area contributed by atoms with Gasteiger partial charge < -0.3 is 4.42 Å². The molecule has 0 amide bonds. The lowest BCUT2D eigenvalue weighted by molar-refractivity contribution is 0.244. The standard InChI is InChI=1S/C13H20O/c1-10(2)11-5-7-12(8-6-11)13-4-3-9-14-13/h3-4,9-12H,5-8H2,1-2H3. The molecule has 0 spiro atoms. The zero-order valence-electron chi connectivity index (χ0n) is 9.20. The maximum absolute atomic E-state index is 5.47. The van der Waals surface area contributed by atoms with Crippen molar-refractivity contribution in [3.05, 3.63) is 24.2 Å². The van der Waals surface area contributed by atoms with E-state index >= 15 is 0 Å². The maximum atomic E-state index is 5.47. The van der Waals surface area contributed by atoms with Crippen molar-refractivity contribution < 1.29 is 4.42 Å². The zero-order valence-corrected chi connectivity index (χ0v) is 9.20. The summed E-state index contributed by atoms with van der Waals surface area (Å²) < 4.78 is 5.47. The van der Waals surface area contributed by atoms with Crippen LogP contribution in [0.5, 0.6) is 0 Å². The van der Waals surface area contributed by atoms with Gasteiger partial charge in [-0.25, -0.2) is 0 Å². The van der Waals surface area contributed by atoms with Gasteiger partial charge >= 0.3 is 0 Å². The van der Waals surface area contributed by atoms with Crippen LogP contribution in [0.25, 0.3) is 0 Å². The third-order valence-electron chi connectivity index (χ3n) is 3.66. The van der Waals surface area contributed by atoms with Crippen LogP contribution >= 0.6 is 0 Å². The van der Waals surface area contributed by atoms with Crippen molar-refractivity contribution in [2.75, 3.05) is 0 Å². The fraction of sp³-hybridized carbons (Fsp3) is 0.692. The highest BCUT2D eigenvalue weighted by Crippen LogP contribution is 2.38. The summed E-state index contributed by atoms with van der Waals surface area (Å²) in [7, 11) is 0. The molecule has 2 rings (SSSR count). The maximum Gasteiger partial charge on any atom is 0.106 e. The summed E-state index contributed by atoms with van der Waals surface area (Å²) >= 11 is 0. The summed E-state index contributed by atoms with van der Waals surface area (Å²) in [6.45, 7) is 4.69. The molecule has 14 heavy (non-hydrogen) atoms. The van der Waals surface area contributed by atoms with Gasteiger partial charge in [0.25, 0.3) is 0 Å². The lowest BCUT2D eigenvalue weighted by Gasteiger charge is -2.29. The van der Waals surface area contributed by atoms with Crippen molar-refractivity contribution in [2.24, 2.45) is 11.8 Å². The molecule has 1 saturated carbocycles. The quantitative estimate of drug-likeness (QED) is 0.684. The molecule has 0 unspecified atom stereocenters. The van der Waals surface area contributed by atoms with Crippen LogP contribution in [-0.2, 0) is 0 Å². The Balaban J connectivity index is 1.90. The Morgan fingerprint density at radius 2 is 1.93 bits per heavy atom. The van der Waals surface area contributed by atoms with Gasteiger partial charge in [0.1, 0.15) is 5.76 Å². The first-order chi connectivity index (χ1) is 6.77. The van der Waals surface area contributed by atoms with Crippen molar-refractivity contribution in [1.29, 1.82) is 0 Å². The summed E-state index contributed by atoms with van der Waals surface area (Å²) in [6, 6.07) is 4.13. The minimum Gasteiger partial charge on any atom is -0.469 e. The molecule has 1 heterocycles. The Kier molecular flexibility index (Phi) is 2.95. The molecule has 0 aliphatic heterocycles. The van der Waals surface area contributed by atoms with Crippen molar-refractivity contribution in [1.82, 2.24) is 0 Å². The second-order valence-electron chi connectivity index (χ2n) is 4.87. The molecule has 1 nitrogen and oxygen atoms in total. The molecule has 1 aliphatic carbocycles. The van der Waals surface area contributed by atoms with Crippen LogP contribution in [0.2, 0.25) is 0 Å². The van der Waals surface area contributed by atoms with Crippen molar-refractivity contribution in [2.45, 2.75) is 45.4 Å². The summed E-state index contributed by atoms with van der Waals surface area (Å²) in [5, 5.41) is 0. The molecule has 1 aliphatic rings. The molecule has 1 fully saturated rings. The first kappa shape index (κ1) is 9.82. The second kappa shape index (κ2) is 4.20. The smallest absolute Gasteiger partial charge is 0.106 e. The van der Waals surface area contributed by atoms with E-state index in [1.165, 1.54) is 31.4 Å². The summed E-state index contributed by atoms with van der Waals surface area (Å²) in [5.74, 6) is 3.70. The molecule has 0 atom stereocenters. The Hall–Kier alpha value is -0.720. The summed E-state index contributed by atoms with van der Waals surface area (Å²) in [5.41, 5.74) is 0. The molecule has 0 N–H and O–H groups in total. The van der Waals surface area contributed by atoms with Crippen LogP contribution in [0.1, 0.15) is 51.2 Å². The highest BCUT2D eigenvalue weighted by molar-refractivity contribution is 5.06. The van der Waals surface area contributed by atoms with E-state index in [1.54, 1.807) is 6.26 Å². The molecule has 78 valence electrons. The van der Waals surface area contributed by atoms with Gasteiger partial charge in [0, 0.05) is 5.92 Å². The van der Waals surface area contributed by atoms with E-state index in [2.05, 4.69) is 19.9 Å². The van der Waals surface area contributed by atoms with Crippen LogP contribution in [0.15, 0.2) is 22.8 Å². The van der Waals surface area contributed by atoms with Crippen LogP contribution in [0.3, 0.4) is 0 Å². The summed E-state index contributed by atoms with van der Waals surface area (Å²) in [4.78, 5) is 0. The fourth-order valence-corrected chi connectivity index (χ4v) is 2.59. The topological polar surface area (TPSA) is 13.1 Å². The van der Waals surface area contributed by atoms with E-state index in [1.807, 2.05) is 6.07 Å². The minimum absolute atomic E-state index is 0.694. The van der Waals surface area contributed by atoms with Gasteiger partial charge in [-0.15, -0.1) is 0 Å². The Labute approximate surface area is 86.5 Å². The van der Waals surface area contributed by atoms with E-state index in [9.17, 15) is 0 Å². The Morgan fingerprint density at radius 1 is 1.21 bits per heavy atom. The number of furan rings is 1. The van der Waals surface area contributed by atoms with Gasteiger partial charge in [-0.2, -0.15) is 0 Å². The highest BCUT2D eigenvalue weighted by Gasteiger charge is 2.25. The normalized spacial score (nSPS) is 28.2. The molecule has 0 radical (unpaired) electrons. The van der Waals surface area contributed by atoms with Crippen molar-refractivity contribution >= 4 is 0 Å². The lowest BCUT2D eigenvalue weighted by atomic mass is 9.76. The molecule has 0 saturated heterocycles. The van der Waals surface area contributed by atoms with Gasteiger partial charge in [-0.1, -0.05) is 13.8 Å². The number of hydrogen-bond donors (Lipinski definition) is 0. The molecule has 0 bridgehead atoms. The number of rotatable bonds is 2. The van der Waals surface area contributed by atoms with Gasteiger partial charge in [0.2, 0.25) is 0 Å². The van der Waals surface area contributed by atoms with E-state index < -0.39 is 0 Å². The number of hydrogen-bond acceptors (Lipinski definition) is 1. The van der Waals surface area contributed by atoms with Crippen LogP contribution < -0.4 is 0 Å². The van der Waals surface area contributed by atoms with Gasteiger partial charge in [0.05, 0.1) is 6.26 Å².